The molecule has 1 atom stereocenters. The number of thioether (sulfide) groups is 1. The molecule has 96 valence electrons. The minimum Gasteiger partial charge on any atom is -0.368 e. The molecule has 5 nitrogen and oxygen atoms in total. The summed E-state index contributed by atoms with van der Waals surface area (Å²) < 4.78 is 24.9. The standard InChI is InChI=1S/C9H15F2N5S/c1-3-5(4-17-2)13-9-15-7(6(10)11)14-8(12)16-9/h5-6H,3-4H2,1-2H3,(H3,12,13,14,15,16). The first-order valence-corrected chi connectivity index (χ1v) is 6.51. The van der Waals surface area contributed by atoms with E-state index in [0.29, 0.717) is 0 Å². The van der Waals surface area contributed by atoms with Gasteiger partial charge in [-0.2, -0.15) is 26.7 Å². The summed E-state index contributed by atoms with van der Waals surface area (Å²) in [5.41, 5.74) is 5.35. The number of hydrogen-bond donors (Lipinski definition) is 2. The highest BCUT2D eigenvalue weighted by Crippen LogP contribution is 2.17. The van der Waals surface area contributed by atoms with Crippen LogP contribution >= 0.6 is 11.8 Å². The molecule has 3 N–H and O–H groups in total. The molecule has 0 saturated heterocycles. The largest absolute Gasteiger partial charge is 0.368 e. The van der Waals surface area contributed by atoms with Crippen LogP contribution in [0, 0.1) is 0 Å². The summed E-state index contributed by atoms with van der Waals surface area (Å²) in [5, 5.41) is 2.97. The van der Waals surface area contributed by atoms with Gasteiger partial charge in [-0.3, -0.25) is 0 Å². The minimum atomic E-state index is -2.75. The molecule has 0 aliphatic rings. The van der Waals surface area contributed by atoms with Crippen molar-refractivity contribution in [3.63, 3.8) is 0 Å². The molecule has 1 unspecified atom stereocenters. The van der Waals surface area contributed by atoms with Crippen molar-refractivity contribution in [3.8, 4) is 0 Å². The molecule has 0 amide bonds. The van der Waals surface area contributed by atoms with Gasteiger partial charge in [0.1, 0.15) is 0 Å². The van der Waals surface area contributed by atoms with Gasteiger partial charge >= 0.3 is 0 Å². The van der Waals surface area contributed by atoms with Crippen molar-refractivity contribution in [2.45, 2.75) is 25.8 Å². The zero-order chi connectivity index (χ0) is 12.8. The maximum Gasteiger partial charge on any atom is 0.297 e. The predicted octanol–water partition coefficient (Wildman–Crippen LogP) is 1.94. The molecule has 1 heterocycles. The Morgan fingerprint density at radius 3 is 2.59 bits per heavy atom. The van der Waals surface area contributed by atoms with E-state index in [2.05, 4.69) is 20.3 Å². The first kappa shape index (κ1) is 13.9. The van der Waals surface area contributed by atoms with E-state index >= 15 is 0 Å². The topological polar surface area (TPSA) is 76.7 Å². The average Bonchev–Trinajstić information content (AvgIpc) is 2.27. The summed E-state index contributed by atoms with van der Waals surface area (Å²) in [4.78, 5) is 10.8. The van der Waals surface area contributed by atoms with E-state index in [4.69, 9.17) is 5.73 Å². The van der Waals surface area contributed by atoms with Crippen molar-refractivity contribution in [1.29, 1.82) is 0 Å². The lowest BCUT2D eigenvalue weighted by Crippen LogP contribution is -2.23. The third-order valence-electron chi connectivity index (χ3n) is 2.06. The molecule has 0 saturated carbocycles. The quantitative estimate of drug-likeness (QED) is 0.817. The van der Waals surface area contributed by atoms with Gasteiger partial charge in [-0.1, -0.05) is 6.92 Å². The fourth-order valence-corrected chi connectivity index (χ4v) is 1.94. The molecule has 0 aromatic carbocycles. The number of hydrogen-bond acceptors (Lipinski definition) is 6. The van der Waals surface area contributed by atoms with Gasteiger partial charge in [0.05, 0.1) is 0 Å². The average molecular weight is 263 g/mol. The summed E-state index contributed by atoms with van der Waals surface area (Å²) in [7, 11) is 0. The number of nitrogens with zero attached hydrogens (tertiary/aromatic N) is 3. The fraction of sp³-hybridized carbons (Fsp3) is 0.667. The third-order valence-corrected chi connectivity index (χ3v) is 2.79. The maximum absolute atomic E-state index is 12.5. The van der Waals surface area contributed by atoms with Gasteiger partial charge in [0.25, 0.3) is 6.43 Å². The van der Waals surface area contributed by atoms with Gasteiger partial charge in [0.15, 0.2) is 0 Å². The Hall–Kier alpha value is -1.18. The van der Waals surface area contributed by atoms with Crippen LogP contribution in [0.3, 0.4) is 0 Å². The lowest BCUT2D eigenvalue weighted by molar-refractivity contribution is 0.140. The molecule has 1 aromatic rings. The highest BCUT2D eigenvalue weighted by Gasteiger charge is 2.15. The van der Waals surface area contributed by atoms with Crippen LogP contribution in [-0.2, 0) is 0 Å². The van der Waals surface area contributed by atoms with Crippen molar-refractivity contribution in [2.24, 2.45) is 0 Å². The van der Waals surface area contributed by atoms with Gasteiger partial charge in [-0.05, 0) is 12.7 Å². The highest BCUT2D eigenvalue weighted by molar-refractivity contribution is 7.98. The second-order valence-corrected chi connectivity index (χ2v) is 4.29. The third kappa shape index (κ3) is 4.29. The number of nitrogen functional groups attached to an aromatic ring is 1. The van der Waals surface area contributed by atoms with Crippen LogP contribution in [0.2, 0.25) is 0 Å². The molecule has 8 heteroatoms. The van der Waals surface area contributed by atoms with E-state index in [-0.39, 0.29) is 17.9 Å². The molecule has 0 spiro atoms. The van der Waals surface area contributed by atoms with Crippen molar-refractivity contribution in [2.75, 3.05) is 23.1 Å². The van der Waals surface area contributed by atoms with E-state index < -0.39 is 12.2 Å². The summed E-state index contributed by atoms with van der Waals surface area (Å²) in [6.07, 6.45) is 0.0640. The monoisotopic (exact) mass is 263 g/mol. The molecule has 0 bridgehead atoms. The number of rotatable bonds is 6. The summed E-state index contributed by atoms with van der Waals surface area (Å²) >= 11 is 1.66. The Morgan fingerprint density at radius 1 is 1.35 bits per heavy atom. The Kier molecular flexibility index (Phi) is 5.33. The SMILES string of the molecule is CCC(CSC)Nc1nc(N)nc(C(F)F)n1. The van der Waals surface area contributed by atoms with Gasteiger partial charge in [0.2, 0.25) is 17.7 Å². The van der Waals surface area contributed by atoms with E-state index in [0.717, 1.165) is 12.2 Å². The molecule has 0 aliphatic heterocycles. The molecule has 1 aromatic heterocycles. The molecule has 0 radical (unpaired) electrons. The van der Waals surface area contributed by atoms with Crippen LogP contribution in [0.25, 0.3) is 0 Å². The lowest BCUT2D eigenvalue weighted by atomic mass is 10.3. The number of aromatic nitrogens is 3. The van der Waals surface area contributed by atoms with E-state index in [1.807, 2.05) is 13.2 Å². The molecule has 1 rings (SSSR count). The number of halogens is 2. The Balaban J connectivity index is 2.82. The smallest absolute Gasteiger partial charge is 0.297 e. The van der Waals surface area contributed by atoms with E-state index in [1.165, 1.54) is 0 Å². The Bertz CT molecular complexity index is 363. The first-order chi connectivity index (χ1) is 8.06. The van der Waals surface area contributed by atoms with Gasteiger partial charge in [-0.15, -0.1) is 0 Å². The number of anilines is 2. The highest BCUT2D eigenvalue weighted by atomic mass is 32.2. The van der Waals surface area contributed by atoms with Crippen LogP contribution < -0.4 is 11.1 Å². The van der Waals surface area contributed by atoms with Crippen LogP contribution in [0.1, 0.15) is 25.6 Å². The second kappa shape index (κ2) is 6.53. The number of alkyl halides is 2. The van der Waals surface area contributed by atoms with E-state index in [9.17, 15) is 8.78 Å². The predicted molar refractivity (Wildman–Crippen MR) is 65.3 cm³/mol. The zero-order valence-electron chi connectivity index (χ0n) is 9.65. The number of nitrogens with two attached hydrogens (primary N) is 1. The Labute approximate surface area is 103 Å². The Morgan fingerprint density at radius 2 is 2.06 bits per heavy atom. The van der Waals surface area contributed by atoms with Crippen molar-refractivity contribution in [1.82, 2.24) is 15.0 Å². The lowest BCUT2D eigenvalue weighted by Gasteiger charge is -2.15. The fourth-order valence-electron chi connectivity index (χ4n) is 1.22. The molecule has 17 heavy (non-hydrogen) atoms. The maximum atomic E-state index is 12.5. The molecule has 0 fully saturated rings. The summed E-state index contributed by atoms with van der Waals surface area (Å²) in [5.74, 6) is 0.149. The van der Waals surface area contributed by atoms with Crippen molar-refractivity contribution >= 4 is 23.7 Å². The van der Waals surface area contributed by atoms with Gasteiger partial charge in [-0.25, -0.2) is 8.78 Å². The van der Waals surface area contributed by atoms with Gasteiger partial charge < -0.3 is 11.1 Å². The van der Waals surface area contributed by atoms with E-state index in [1.54, 1.807) is 11.8 Å². The van der Waals surface area contributed by atoms with Crippen LogP contribution in [0.5, 0.6) is 0 Å². The zero-order valence-corrected chi connectivity index (χ0v) is 10.5. The van der Waals surface area contributed by atoms with Crippen molar-refractivity contribution in [3.05, 3.63) is 5.82 Å². The molecular formula is C9H15F2N5S. The number of nitrogens with one attached hydrogen (secondary N) is 1. The summed E-state index contributed by atoms with van der Waals surface area (Å²) in [6.45, 7) is 1.99. The van der Waals surface area contributed by atoms with Crippen LogP contribution in [0.4, 0.5) is 20.7 Å². The van der Waals surface area contributed by atoms with Crippen molar-refractivity contribution < 1.29 is 8.78 Å². The molecule has 0 aliphatic carbocycles. The molecular weight excluding hydrogens is 248 g/mol. The van der Waals surface area contributed by atoms with Gasteiger partial charge in [0, 0.05) is 11.8 Å². The van der Waals surface area contributed by atoms with Crippen LogP contribution in [-0.4, -0.2) is 33.0 Å². The van der Waals surface area contributed by atoms with Crippen LogP contribution in [0.15, 0.2) is 0 Å². The normalized spacial score (nSPS) is 12.8. The minimum absolute atomic E-state index is 0.105. The first-order valence-electron chi connectivity index (χ1n) is 5.11. The summed E-state index contributed by atoms with van der Waals surface area (Å²) in [6, 6.07) is 0.123. The second-order valence-electron chi connectivity index (χ2n) is 3.38.